The van der Waals surface area contributed by atoms with Gasteiger partial charge >= 0.3 is 0 Å². The van der Waals surface area contributed by atoms with Gasteiger partial charge in [-0.2, -0.15) is 0 Å². The van der Waals surface area contributed by atoms with E-state index in [1.807, 2.05) is 12.4 Å². The van der Waals surface area contributed by atoms with Crippen molar-refractivity contribution in [1.82, 2.24) is 10.0 Å². The molecule has 2 atom stereocenters. The number of sulfonamides is 1. The lowest BCUT2D eigenvalue weighted by molar-refractivity contribution is 0.573. The van der Waals surface area contributed by atoms with E-state index in [0.29, 0.717) is 29.8 Å². The molecule has 1 aromatic heterocycles. The molecule has 2 unspecified atom stereocenters. The molecule has 1 aromatic rings. The molecular formula is C11H18N2O2S2. The molecule has 1 saturated carbocycles. The first-order valence-electron chi connectivity index (χ1n) is 5.75. The SMILES string of the molecule is CNCc1sccc1S(=O)(=O)NCC1CC1C. The molecule has 0 spiro atoms. The first-order chi connectivity index (χ1) is 8.04. The average Bonchev–Trinajstić information content (AvgIpc) is 2.77. The van der Waals surface area contributed by atoms with Gasteiger partial charge in [0.15, 0.2) is 0 Å². The van der Waals surface area contributed by atoms with Crippen LogP contribution in [0.25, 0.3) is 0 Å². The first kappa shape index (κ1) is 13.0. The highest BCUT2D eigenvalue weighted by molar-refractivity contribution is 7.89. The maximum absolute atomic E-state index is 12.1. The zero-order chi connectivity index (χ0) is 12.5. The van der Waals surface area contributed by atoms with Crippen LogP contribution in [0.3, 0.4) is 0 Å². The molecule has 1 aliphatic carbocycles. The third-order valence-corrected chi connectivity index (χ3v) is 5.70. The van der Waals surface area contributed by atoms with Gasteiger partial charge in [-0.3, -0.25) is 0 Å². The smallest absolute Gasteiger partial charge is 0.241 e. The van der Waals surface area contributed by atoms with Crippen molar-refractivity contribution in [1.29, 1.82) is 0 Å². The van der Waals surface area contributed by atoms with Crippen molar-refractivity contribution < 1.29 is 8.42 Å². The van der Waals surface area contributed by atoms with Crippen LogP contribution in [0, 0.1) is 11.8 Å². The Labute approximate surface area is 106 Å². The van der Waals surface area contributed by atoms with Crippen LogP contribution in [0.1, 0.15) is 18.2 Å². The van der Waals surface area contributed by atoms with E-state index in [0.717, 1.165) is 11.3 Å². The van der Waals surface area contributed by atoms with E-state index in [9.17, 15) is 8.42 Å². The molecule has 0 aliphatic heterocycles. The van der Waals surface area contributed by atoms with Crippen LogP contribution in [0.4, 0.5) is 0 Å². The molecule has 1 fully saturated rings. The van der Waals surface area contributed by atoms with Gasteiger partial charge in [-0.15, -0.1) is 11.3 Å². The quantitative estimate of drug-likeness (QED) is 0.824. The predicted molar refractivity (Wildman–Crippen MR) is 69.5 cm³/mol. The standard InChI is InChI=1S/C11H18N2O2S2/c1-8-5-9(8)6-13-17(14,15)11-3-4-16-10(11)7-12-2/h3-4,8-9,12-13H,5-7H2,1-2H3. The molecule has 17 heavy (non-hydrogen) atoms. The van der Waals surface area contributed by atoms with E-state index < -0.39 is 10.0 Å². The van der Waals surface area contributed by atoms with Crippen molar-refractivity contribution in [2.75, 3.05) is 13.6 Å². The lowest BCUT2D eigenvalue weighted by Crippen LogP contribution is -2.27. The van der Waals surface area contributed by atoms with Crippen molar-refractivity contribution in [2.45, 2.75) is 24.8 Å². The lowest BCUT2D eigenvalue weighted by atomic mass is 10.3. The van der Waals surface area contributed by atoms with Crippen LogP contribution >= 0.6 is 11.3 Å². The van der Waals surface area contributed by atoms with Crippen LogP contribution in [0.5, 0.6) is 0 Å². The van der Waals surface area contributed by atoms with E-state index in [-0.39, 0.29) is 0 Å². The second-order valence-electron chi connectivity index (χ2n) is 4.56. The topological polar surface area (TPSA) is 58.2 Å². The summed E-state index contributed by atoms with van der Waals surface area (Å²) in [4.78, 5) is 1.29. The zero-order valence-electron chi connectivity index (χ0n) is 10.1. The van der Waals surface area contributed by atoms with Gasteiger partial charge in [0, 0.05) is 18.0 Å². The Morgan fingerprint density at radius 1 is 1.53 bits per heavy atom. The van der Waals surface area contributed by atoms with Crippen molar-refractivity contribution >= 4 is 21.4 Å². The van der Waals surface area contributed by atoms with Crippen LogP contribution in [-0.4, -0.2) is 22.0 Å². The molecule has 1 heterocycles. The molecule has 0 amide bonds. The fourth-order valence-corrected chi connectivity index (χ4v) is 4.38. The normalized spacial score (nSPS) is 23.9. The van der Waals surface area contributed by atoms with E-state index >= 15 is 0 Å². The molecule has 96 valence electrons. The minimum absolute atomic E-state index is 0.421. The molecule has 1 aliphatic rings. The van der Waals surface area contributed by atoms with Crippen LogP contribution < -0.4 is 10.0 Å². The van der Waals surface area contributed by atoms with Crippen LogP contribution in [0.15, 0.2) is 16.3 Å². The summed E-state index contributed by atoms with van der Waals surface area (Å²) in [7, 11) is -1.51. The van der Waals surface area contributed by atoms with E-state index in [1.54, 1.807) is 6.07 Å². The third kappa shape index (κ3) is 3.07. The number of hydrogen-bond donors (Lipinski definition) is 2. The monoisotopic (exact) mass is 274 g/mol. The van der Waals surface area contributed by atoms with Gasteiger partial charge in [0.1, 0.15) is 0 Å². The molecule has 0 bridgehead atoms. The maximum atomic E-state index is 12.1. The summed E-state index contributed by atoms with van der Waals surface area (Å²) in [6.45, 7) is 3.31. The van der Waals surface area contributed by atoms with E-state index in [2.05, 4.69) is 17.0 Å². The molecule has 0 aromatic carbocycles. The van der Waals surface area contributed by atoms with Gasteiger partial charge in [-0.05, 0) is 36.8 Å². The summed E-state index contributed by atoms with van der Waals surface area (Å²) in [5.74, 6) is 1.19. The summed E-state index contributed by atoms with van der Waals surface area (Å²) < 4.78 is 26.9. The first-order valence-corrected chi connectivity index (χ1v) is 8.11. The Morgan fingerprint density at radius 3 is 2.82 bits per heavy atom. The molecule has 4 nitrogen and oxygen atoms in total. The summed E-state index contributed by atoms with van der Waals surface area (Å²) in [5.41, 5.74) is 0. The minimum atomic E-state index is -3.33. The molecule has 6 heteroatoms. The van der Waals surface area contributed by atoms with E-state index in [1.165, 1.54) is 11.3 Å². The average molecular weight is 274 g/mol. The lowest BCUT2D eigenvalue weighted by Gasteiger charge is -2.07. The predicted octanol–water partition coefficient (Wildman–Crippen LogP) is 1.40. The van der Waals surface area contributed by atoms with E-state index in [4.69, 9.17) is 0 Å². The van der Waals surface area contributed by atoms with Gasteiger partial charge in [0.2, 0.25) is 10.0 Å². The van der Waals surface area contributed by atoms with Crippen LogP contribution in [-0.2, 0) is 16.6 Å². The number of hydrogen-bond acceptors (Lipinski definition) is 4. The fraction of sp³-hybridized carbons (Fsp3) is 0.636. The van der Waals surface area contributed by atoms with Crippen molar-refractivity contribution in [3.05, 3.63) is 16.3 Å². The number of nitrogens with one attached hydrogen (secondary N) is 2. The van der Waals surface area contributed by atoms with Crippen LogP contribution in [0.2, 0.25) is 0 Å². The summed E-state index contributed by atoms with van der Waals surface area (Å²) in [5, 5.41) is 4.81. The maximum Gasteiger partial charge on any atom is 0.241 e. The van der Waals surface area contributed by atoms with Gasteiger partial charge in [-0.1, -0.05) is 6.92 Å². The van der Waals surface area contributed by atoms with Gasteiger partial charge < -0.3 is 5.32 Å². The minimum Gasteiger partial charge on any atom is -0.315 e. The summed E-state index contributed by atoms with van der Waals surface area (Å²) in [6, 6.07) is 1.68. The highest BCUT2D eigenvalue weighted by atomic mass is 32.2. The second kappa shape index (κ2) is 5.06. The molecule has 0 saturated heterocycles. The second-order valence-corrected chi connectivity index (χ2v) is 7.30. The Bertz CT molecular complexity index is 481. The Morgan fingerprint density at radius 2 is 2.24 bits per heavy atom. The highest BCUT2D eigenvalue weighted by Crippen LogP contribution is 2.37. The molecular weight excluding hydrogens is 256 g/mol. The summed E-state index contributed by atoms with van der Waals surface area (Å²) >= 11 is 1.47. The van der Waals surface area contributed by atoms with Crippen molar-refractivity contribution in [3.63, 3.8) is 0 Å². The molecule has 2 rings (SSSR count). The third-order valence-electron chi connectivity index (χ3n) is 3.14. The number of thiophene rings is 1. The molecule has 2 N–H and O–H groups in total. The molecule has 0 radical (unpaired) electrons. The largest absolute Gasteiger partial charge is 0.315 e. The highest BCUT2D eigenvalue weighted by Gasteiger charge is 2.33. The number of rotatable bonds is 6. The van der Waals surface area contributed by atoms with Crippen molar-refractivity contribution in [3.8, 4) is 0 Å². The summed E-state index contributed by atoms with van der Waals surface area (Å²) in [6.07, 6.45) is 1.13. The fourth-order valence-electron chi connectivity index (χ4n) is 1.84. The van der Waals surface area contributed by atoms with Gasteiger partial charge in [0.25, 0.3) is 0 Å². The van der Waals surface area contributed by atoms with Gasteiger partial charge in [0.05, 0.1) is 4.90 Å². The zero-order valence-corrected chi connectivity index (χ0v) is 11.7. The Hall–Kier alpha value is -0.430. The Kier molecular flexibility index (Phi) is 3.87. The van der Waals surface area contributed by atoms with Crippen molar-refractivity contribution in [2.24, 2.45) is 11.8 Å². The van der Waals surface area contributed by atoms with Gasteiger partial charge in [-0.25, -0.2) is 13.1 Å². The Balaban J connectivity index is 2.05.